The van der Waals surface area contributed by atoms with Crippen molar-refractivity contribution >= 4 is 5.57 Å². The van der Waals surface area contributed by atoms with Gasteiger partial charge in [0.05, 0.1) is 6.04 Å². The van der Waals surface area contributed by atoms with E-state index in [1.807, 2.05) is 18.2 Å². The summed E-state index contributed by atoms with van der Waals surface area (Å²) in [5, 5.41) is 0. The summed E-state index contributed by atoms with van der Waals surface area (Å²) in [7, 11) is 0. The Balaban J connectivity index is 2.21. The van der Waals surface area contributed by atoms with Crippen LogP contribution in [0, 0.1) is 0 Å². The molecule has 0 heterocycles. The molecule has 1 unspecified atom stereocenters. The van der Waals surface area contributed by atoms with Gasteiger partial charge in [-0.15, -0.1) is 0 Å². The molecule has 0 aliphatic heterocycles. The molecule has 0 saturated carbocycles. The molecule has 0 spiro atoms. The predicted molar refractivity (Wildman–Crippen MR) is 92.0 cm³/mol. The lowest BCUT2D eigenvalue weighted by molar-refractivity contribution is 0.871. The molecule has 2 N–H and O–H groups in total. The molecule has 0 aliphatic rings. The van der Waals surface area contributed by atoms with Crippen molar-refractivity contribution < 1.29 is 0 Å². The van der Waals surface area contributed by atoms with Crippen molar-refractivity contribution in [1.29, 1.82) is 0 Å². The highest BCUT2D eigenvalue weighted by Gasteiger charge is 2.08. The van der Waals surface area contributed by atoms with E-state index in [1.165, 1.54) is 11.1 Å². The molecular weight excluding hydrogens is 254 g/mol. The Morgan fingerprint density at radius 3 is 2.19 bits per heavy atom. The van der Waals surface area contributed by atoms with Crippen LogP contribution in [0.25, 0.3) is 5.57 Å². The molecular formula is C20H23N. The lowest BCUT2D eigenvalue weighted by Crippen LogP contribution is -2.11. The summed E-state index contributed by atoms with van der Waals surface area (Å²) in [5.74, 6) is 0. The number of rotatable bonds is 5. The third-order valence-electron chi connectivity index (χ3n) is 3.61. The standard InChI is InChI=1S/C20H23N/c1-3-5-9-16(4-2)17-12-14-19(15-13-17)20(21)18-10-7-6-8-11-18/h4-15,20H,3,21H2,1-2H3/b9-5-,16-4+. The molecule has 0 aliphatic carbocycles. The maximum Gasteiger partial charge on any atom is 0.0551 e. The van der Waals surface area contributed by atoms with Gasteiger partial charge in [-0.1, -0.05) is 79.7 Å². The molecule has 0 amide bonds. The lowest BCUT2D eigenvalue weighted by Gasteiger charge is -2.13. The van der Waals surface area contributed by atoms with Gasteiger partial charge in [-0.05, 0) is 35.6 Å². The van der Waals surface area contributed by atoms with Gasteiger partial charge in [-0.25, -0.2) is 0 Å². The fourth-order valence-electron chi connectivity index (χ4n) is 2.34. The summed E-state index contributed by atoms with van der Waals surface area (Å²) in [6.45, 7) is 4.21. The zero-order valence-corrected chi connectivity index (χ0v) is 12.8. The predicted octanol–water partition coefficient (Wildman–Crippen LogP) is 5.10. The highest BCUT2D eigenvalue weighted by molar-refractivity contribution is 5.73. The molecule has 0 aromatic heterocycles. The van der Waals surface area contributed by atoms with Crippen LogP contribution < -0.4 is 5.73 Å². The van der Waals surface area contributed by atoms with E-state index in [4.69, 9.17) is 5.73 Å². The van der Waals surface area contributed by atoms with E-state index >= 15 is 0 Å². The van der Waals surface area contributed by atoms with Crippen LogP contribution in [-0.4, -0.2) is 0 Å². The summed E-state index contributed by atoms with van der Waals surface area (Å²) in [6.07, 6.45) is 7.54. The topological polar surface area (TPSA) is 26.0 Å². The zero-order chi connectivity index (χ0) is 15.1. The lowest BCUT2D eigenvalue weighted by atomic mass is 9.96. The minimum absolute atomic E-state index is 0.0690. The zero-order valence-electron chi connectivity index (χ0n) is 12.8. The van der Waals surface area contributed by atoms with E-state index in [-0.39, 0.29) is 6.04 Å². The summed E-state index contributed by atoms with van der Waals surface area (Å²) < 4.78 is 0. The largest absolute Gasteiger partial charge is 0.320 e. The van der Waals surface area contributed by atoms with Crippen LogP contribution in [0.3, 0.4) is 0 Å². The molecule has 2 aromatic rings. The molecule has 0 fully saturated rings. The number of nitrogens with two attached hydrogens (primary N) is 1. The van der Waals surface area contributed by atoms with Crippen LogP contribution in [0.15, 0.2) is 72.8 Å². The fraction of sp³-hybridized carbons (Fsp3) is 0.200. The SMILES string of the molecule is C/C=C(\C=C/CC)c1ccc(C(N)c2ccccc2)cc1. The molecule has 1 atom stereocenters. The average molecular weight is 277 g/mol. The smallest absolute Gasteiger partial charge is 0.0551 e. The van der Waals surface area contributed by atoms with E-state index in [0.717, 1.165) is 17.5 Å². The van der Waals surface area contributed by atoms with Crippen molar-refractivity contribution in [3.8, 4) is 0 Å². The van der Waals surface area contributed by atoms with Gasteiger partial charge in [-0.2, -0.15) is 0 Å². The normalized spacial score (nSPS) is 13.6. The molecule has 1 heteroatoms. The summed E-state index contributed by atoms with van der Waals surface area (Å²) >= 11 is 0. The van der Waals surface area contributed by atoms with Gasteiger partial charge >= 0.3 is 0 Å². The van der Waals surface area contributed by atoms with Crippen molar-refractivity contribution in [2.75, 3.05) is 0 Å². The number of hydrogen-bond donors (Lipinski definition) is 1. The maximum atomic E-state index is 6.33. The van der Waals surface area contributed by atoms with E-state index in [0.29, 0.717) is 0 Å². The highest BCUT2D eigenvalue weighted by atomic mass is 14.6. The Kier molecular flexibility index (Phi) is 5.53. The van der Waals surface area contributed by atoms with Gasteiger partial charge in [0.25, 0.3) is 0 Å². The van der Waals surface area contributed by atoms with Crippen molar-refractivity contribution in [3.05, 3.63) is 89.5 Å². The number of benzene rings is 2. The molecule has 2 aromatic carbocycles. The average Bonchev–Trinajstić information content (AvgIpc) is 2.56. The van der Waals surface area contributed by atoms with Gasteiger partial charge in [-0.3, -0.25) is 0 Å². The second kappa shape index (κ2) is 7.61. The van der Waals surface area contributed by atoms with Gasteiger partial charge in [0.2, 0.25) is 0 Å². The van der Waals surface area contributed by atoms with Crippen LogP contribution in [0.2, 0.25) is 0 Å². The molecule has 21 heavy (non-hydrogen) atoms. The fourth-order valence-corrected chi connectivity index (χ4v) is 2.34. The first kappa shape index (κ1) is 15.3. The van der Waals surface area contributed by atoms with Crippen LogP contribution in [0.5, 0.6) is 0 Å². The van der Waals surface area contributed by atoms with Crippen LogP contribution in [-0.2, 0) is 0 Å². The molecule has 0 bridgehead atoms. The monoisotopic (exact) mass is 277 g/mol. The first-order valence-electron chi connectivity index (χ1n) is 7.50. The van der Waals surface area contributed by atoms with E-state index in [9.17, 15) is 0 Å². The second-order valence-electron chi connectivity index (χ2n) is 5.06. The Morgan fingerprint density at radius 1 is 1.00 bits per heavy atom. The van der Waals surface area contributed by atoms with Crippen molar-refractivity contribution in [2.45, 2.75) is 26.3 Å². The Hall–Kier alpha value is -2.12. The number of hydrogen-bond acceptors (Lipinski definition) is 1. The minimum atomic E-state index is -0.0690. The van der Waals surface area contributed by atoms with Gasteiger partial charge in [0.15, 0.2) is 0 Å². The summed E-state index contributed by atoms with van der Waals surface area (Å²) in [4.78, 5) is 0. The van der Waals surface area contributed by atoms with Gasteiger partial charge in [0, 0.05) is 0 Å². The third-order valence-corrected chi connectivity index (χ3v) is 3.61. The number of allylic oxidation sites excluding steroid dienone is 4. The second-order valence-corrected chi connectivity index (χ2v) is 5.06. The Morgan fingerprint density at radius 2 is 1.62 bits per heavy atom. The van der Waals surface area contributed by atoms with Gasteiger partial charge < -0.3 is 5.73 Å². The molecule has 0 saturated heterocycles. The van der Waals surface area contributed by atoms with Crippen molar-refractivity contribution in [3.63, 3.8) is 0 Å². The minimum Gasteiger partial charge on any atom is -0.320 e. The first-order chi connectivity index (χ1) is 10.3. The van der Waals surface area contributed by atoms with E-state index < -0.39 is 0 Å². The molecule has 2 rings (SSSR count). The summed E-state index contributed by atoms with van der Waals surface area (Å²) in [5.41, 5.74) is 11.1. The maximum absolute atomic E-state index is 6.33. The third kappa shape index (κ3) is 3.93. The van der Waals surface area contributed by atoms with Crippen LogP contribution in [0.4, 0.5) is 0 Å². The van der Waals surface area contributed by atoms with Crippen LogP contribution >= 0.6 is 0 Å². The first-order valence-corrected chi connectivity index (χ1v) is 7.50. The summed E-state index contributed by atoms with van der Waals surface area (Å²) in [6, 6.07) is 18.7. The molecule has 108 valence electrons. The molecule has 0 radical (unpaired) electrons. The van der Waals surface area contributed by atoms with Crippen molar-refractivity contribution in [2.24, 2.45) is 5.73 Å². The Labute approximate surface area is 127 Å². The molecule has 1 nitrogen and oxygen atoms in total. The van der Waals surface area contributed by atoms with E-state index in [1.54, 1.807) is 0 Å². The Bertz CT molecular complexity index is 606. The highest BCUT2D eigenvalue weighted by Crippen LogP contribution is 2.22. The van der Waals surface area contributed by atoms with E-state index in [2.05, 4.69) is 68.5 Å². The van der Waals surface area contributed by atoms with Crippen molar-refractivity contribution in [1.82, 2.24) is 0 Å². The van der Waals surface area contributed by atoms with Gasteiger partial charge in [0.1, 0.15) is 0 Å². The quantitative estimate of drug-likeness (QED) is 0.756. The van der Waals surface area contributed by atoms with Crippen LogP contribution in [0.1, 0.15) is 43.0 Å².